The maximum Gasteiger partial charge on any atom is 0.193 e. The molecule has 0 amide bonds. The minimum absolute atomic E-state index is 0.0222. The monoisotopic (exact) mass is 620 g/mol. The number of aliphatic hydroxyl groups excluding tert-OH is 2. The van der Waals surface area contributed by atoms with Crippen molar-refractivity contribution in [2.75, 3.05) is 6.61 Å². The number of alkyl halides is 2. The van der Waals surface area contributed by atoms with E-state index in [2.05, 4.69) is 0 Å². The summed E-state index contributed by atoms with van der Waals surface area (Å²) in [6.45, 7) is 4.40. The van der Waals surface area contributed by atoms with Gasteiger partial charge in [-0.15, -0.1) is 0 Å². The van der Waals surface area contributed by atoms with Crippen LogP contribution >= 0.6 is 0 Å². The summed E-state index contributed by atoms with van der Waals surface area (Å²) in [5.41, 5.74) is -3.48. The van der Waals surface area contributed by atoms with Crippen LogP contribution in [0.1, 0.15) is 61.7 Å². The summed E-state index contributed by atoms with van der Waals surface area (Å²) in [4.78, 5) is 25.9. The SMILES string of the molecule is Cc1ccc(Cc2ccc([C@@H]3O[C@@H]4C[C@H]5[C@@H]6C[C@H](F)C7=CC(=O)C=C[C@]7(C)[C@@]6(F)[C@@H](O)C[C@]5(C)[C@]4(C(=O)CO)O3)cc2O)cc1. The number of Topliss-reactive ketones (excluding diaryl/α,β-unsaturated/α-hetero) is 1. The molecule has 1 saturated heterocycles. The zero-order valence-corrected chi connectivity index (χ0v) is 25.5. The van der Waals surface area contributed by atoms with Crippen molar-refractivity contribution in [2.45, 2.75) is 82.4 Å². The molecule has 45 heavy (non-hydrogen) atoms. The first-order chi connectivity index (χ1) is 21.3. The molecule has 0 aromatic heterocycles. The van der Waals surface area contributed by atoms with E-state index in [4.69, 9.17) is 9.47 Å². The van der Waals surface area contributed by atoms with Gasteiger partial charge in [-0.1, -0.05) is 55.0 Å². The molecule has 7 rings (SSSR count). The number of hydrogen-bond donors (Lipinski definition) is 3. The second-order valence-corrected chi connectivity index (χ2v) is 14.0. The third kappa shape index (κ3) is 4.00. The molecule has 7 nitrogen and oxygen atoms in total. The Morgan fingerprint density at radius 1 is 1.09 bits per heavy atom. The van der Waals surface area contributed by atoms with E-state index in [0.29, 0.717) is 17.5 Å². The molecule has 1 aliphatic heterocycles. The Bertz CT molecular complexity index is 1640. The number of hydrogen-bond acceptors (Lipinski definition) is 7. The second kappa shape index (κ2) is 10.1. The van der Waals surface area contributed by atoms with Crippen LogP contribution in [0.3, 0.4) is 0 Å². The van der Waals surface area contributed by atoms with Crippen molar-refractivity contribution < 1.29 is 43.2 Å². The van der Waals surface area contributed by atoms with Gasteiger partial charge in [0.05, 0.1) is 12.2 Å². The minimum Gasteiger partial charge on any atom is -0.508 e. The number of aryl methyl sites for hydroxylation is 1. The number of fused-ring (bicyclic) bond motifs is 7. The van der Waals surface area contributed by atoms with Crippen LogP contribution in [0.5, 0.6) is 5.75 Å². The maximum atomic E-state index is 17.6. The molecule has 2 aromatic rings. The summed E-state index contributed by atoms with van der Waals surface area (Å²) in [6.07, 6.45) is -1.32. The van der Waals surface area contributed by atoms with Gasteiger partial charge in [-0.05, 0) is 73.9 Å². The Kier molecular flexibility index (Phi) is 6.85. The maximum absolute atomic E-state index is 17.6. The van der Waals surface area contributed by atoms with Gasteiger partial charge in [0.25, 0.3) is 0 Å². The van der Waals surface area contributed by atoms with Gasteiger partial charge < -0.3 is 24.8 Å². The topological polar surface area (TPSA) is 113 Å². The number of aliphatic hydroxyl groups is 2. The third-order valence-electron chi connectivity index (χ3n) is 11.8. The first kappa shape index (κ1) is 30.4. The highest BCUT2D eigenvalue weighted by molar-refractivity contribution is 6.01. The van der Waals surface area contributed by atoms with E-state index in [0.717, 1.165) is 17.2 Å². The Labute approximate surface area is 260 Å². The molecule has 3 saturated carbocycles. The average Bonchev–Trinajstić information content (AvgIpc) is 3.51. The Hall–Kier alpha value is -3.24. The van der Waals surface area contributed by atoms with Gasteiger partial charge in [0.15, 0.2) is 29.1 Å². The number of phenolic OH excluding ortho intramolecular Hbond substituents is 1. The van der Waals surface area contributed by atoms with Crippen LogP contribution in [0.25, 0.3) is 0 Å². The molecule has 9 heteroatoms. The first-order valence-corrected chi connectivity index (χ1v) is 15.6. The van der Waals surface area contributed by atoms with Gasteiger partial charge in [-0.2, -0.15) is 0 Å². The van der Waals surface area contributed by atoms with Crippen molar-refractivity contribution in [3.8, 4) is 5.75 Å². The zero-order valence-electron chi connectivity index (χ0n) is 25.5. The molecule has 3 N–H and O–H groups in total. The van der Waals surface area contributed by atoms with Crippen LogP contribution in [0, 0.1) is 29.6 Å². The molecule has 0 bridgehead atoms. The van der Waals surface area contributed by atoms with Crippen LogP contribution in [-0.4, -0.2) is 63.1 Å². The number of benzene rings is 2. The molecule has 0 radical (unpaired) electrons. The van der Waals surface area contributed by atoms with E-state index in [1.807, 2.05) is 31.2 Å². The van der Waals surface area contributed by atoms with Crippen LogP contribution in [-0.2, 0) is 25.5 Å². The Balaban J connectivity index is 1.22. The van der Waals surface area contributed by atoms with E-state index < -0.39 is 76.8 Å². The van der Waals surface area contributed by atoms with Gasteiger partial charge in [-0.3, -0.25) is 9.59 Å². The molecular formula is C36H38F2O7. The molecule has 4 aliphatic carbocycles. The number of rotatable bonds is 5. The number of phenols is 1. The lowest BCUT2D eigenvalue weighted by atomic mass is 9.44. The van der Waals surface area contributed by atoms with Crippen molar-refractivity contribution in [3.05, 3.63) is 88.5 Å². The number of ketones is 2. The summed E-state index contributed by atoms with van der Waals surface area (Å²) >= 11 is 0. The van der Waals surface area contributed by atoms with Crippen LogP contribution in [0.4, 0.5) is 8.78 Å². The van der Waals surface area contributed by atoms with Gasteiger partial charge >= 0.3 is 0 Å². The van der Waals surface area contributed by atoms with Gasteiger partial charge in [0.2, 0.25) is 0 Å². The summed E-state index contributed by atoms with van der Waals surface area (Å²) < 4.78 is 46.2. The standard InChI is InChI=1S/C36H38F2O7/c1-19-4-6-20(7-5-19)12-21-8-9-22(13-28(21)41)32-44-31-16-24-25-15-27(37)26-14-23(40)10-11-33(26,2)35(25,38)29(42)17-34(24,3)36(31,45-32)30(43)18-39/h4-11,13-14,24-25,27,29,31-32,39,41-42H,12,15-18H2,1-3H3/t24-,25-,27-,29-,31+,32+,33-,34-,35-,36+/m0/s1. The second-order valence-electron chi connectivity index (χ2n) is 14.0. The van der Waals surface area contributed by atoms with E-state index in [9.17, 15) is 24.9 Å². The molecule has 1 heterocycles. The van der Waals surface area contributed by atoms with Crippen LogP contribution in [0.2, 0.25) is 0 Å². The number of carbonyl (C=O) groups is 2. The number of allylic oxidation sites excluding steroid dienone is 4. The number of halogens is 2. The van der Waals surface area contributed by atoms with Crippen molar-refractivity contribution in [1.29, 1.82) is 0 Å². The largest absolute Gasteiger partial charge is 0.508 e. The van der Waals surface area contributed by atoms with E-state index in [1.54, 1.807) is 19.1 Å². The summed E-state index contributed by atoms with van der Waals surface area (Å²) in [5, 5.41) is 32.8. The Morgan fingerprint density at radius 2 is 1.82 bits per heavy atom. The Morgan fingerprint density at radius 3 is 2.51 bits per heavy atom. The lowest BCUT2D eigenvalue weighted by Gasteiger charge is -2.63. The number of carbonyl (C=O) groups excluding carboxylic acids is 2. The molecule has 0 unspecified atom stereocenters. The van der Waals surface area contributed by atoms with E-state index >= 15 is 8.78 Å². The molecule has 10 atom stereocenters. The lowest BCUT2D eigenvalue weighted by Crippen LogP contribution is -2.70. The zero-order chi connectivity index (χ0) is 32.1. The first-order valence-electron chi connectivity index (χ1n) is 15.6. The fourth-order valence-electron chi connectivity index (χ4n) is 9.52. The lowest BCUT2D eigenvalue weighted by molar-refractivity contribution is -0.235. The molecule has 0 spiro atoms. The van der Waals surface area contributed by atoms with Crippen molar-refractivity contribution in [3.63, 3.8) is 0 Å². The summed E-state index contributed by atoms with van der Waals surface area (Å²) in [5.74, 6) is -2.70. The highest BCUT2D eigenvalue weighted by atomic mass is 19.1. The third-order valence-corrected chi connectivity index (χ3v) is 11.8. The van der Waals surface area contributed by atoms with Crippen LogP contribution in [0.15, 0.2) is 66.3 Å². The van der Waals surface area contributed by atoms with Crippen molar-refractivity contribution >= 4 is 11.6 Å². The molecule has 5 aliphatic rings. The van der Waals surface area contributed by atoms with Crippen molar-refractivity contribution in [1.82, 2.24) is 0 Å². The van der Waals surface area contributed by atoms with Gasteiger partial charge in [0.1, 0.15) is 18.5 Å². The normalized spacial score (nSPS) is 41.6. The van der Waals surface area contributed by atoms with E-state index in [1.165, 1.54) is 25.1 Å². The minimum atomic E-state index is -2.32. The summed E-state index contributed by atoms with van der Waals surface area (Å²) in [6, 6.07) is 13.1. The van der Waals surface area contributed by atoms with Gasteiger partial charge in [0, 0.05) is 28.7 Å². The fourth-order valence-corrected chi connectivity index (χ4v) is 9.52. The number of aromatic hydroxyl groups is 1. The van der Waals surface area contributed by atoms with Crippen LogP contribution < -0.4 is 0 Å². The van der Waals surface area contributed by atoms with E-state index in [-0.39, 0.29) is 30.6 Å². The molecule has 2 aromatic carbocycles. The predicted molar refractivity (Wildman–Crippen MR) is 160 cm³/mol. The number of ether oxygens (including phenoxy) is 2. The summed E-state index contributed by atoms with van der Waals surface area (Å²) in [7, 11) is 0. The fraction of sp³-hybridized carbons (Fsp3) is 0.500. The highest BCUT2D eigenvalue weighted by Gasteiger charge is 2.80. The molecular weight excluding hydrogens is 582 g/mol. The smallest absolute Gasteiger partial charge is 0.193 e. The highest BCUT2D eigenvalue weighted by Crippen LogP contribution is 2.72. The molecule has 238 valence electrons. The quantitative estimate of drug-likeness (QED) is 0.434. The average molecular weight is 621 g/mol. The molecule has 4 fully saturated rings. The van der Waals surface area contributed by atoms with Gasteiger partial charge in [-0.25, -0.2) is 8.78 Å². The predicted octanol–water partition coefficient (Wildman–Crippen LogP) is 4.93. The van der Waals surface area contributed by atoms with Crippen molar-refractivity contribution in [2.24, 2.45) is 22.7 Å².